The molecule has 70 valence electrons. The third kappa shape index (κ3) is 2.55. The molecule has 0 saturated carbocycles. The first kappa shape index (κ1) is 10.2. The molecule has 1 rings (SSSR count). The molecule has 0 bridgehead atoms. The molecule has 0 saturated heterocycles. The lowest BCUT2D eigenvalue weighted by atomic mass is 10.1. The average molecular weight is 244 g/mol. The first-order valence-electron chi connectivity index (χ1n) is 3.69. The maximum Gasteiger partial charge on any atom is 0.132 e. The third-order valence-corrected chi connectivity index (χ3v) is 2.16. The van der Waals surface area contributed by atoms with Crippen molar-refractivity contribution in [2.75, 3.05) is 0 Å². The van der Waals surface area contributed by atoms with Gasteiger partial charge in [-0.3, -0.25) is 0 Å². The van der Waals surface area contributed by atoms with Gasteiger partial charge in [-0.15, -0.1) is 0 Å². The molecule has 0 heterocycles. The van der Waals surface area contributed by atoms with E-state index in [-0.39, 0.29) is 0 Å². The van der Waals surface area contributed by atoms with Gasteiger partial charge in [0.2, 0.25) is 0 Å². The zero-order valence-corrected chi connectivity index (χ0v) is 8.40. The van der Waals surface area contributed by atoms with Gasteiger partial charge in [-0.2, -0.15) is 0 Å². The van der Waals surface area contributed by atoms with Gasteiger partial charge in [0, 0.05) is 10.0 Å². The van der Waals surface area contributed by atoms with Crippen LogP contribution in [0.15, 0.2) is 35.0 Å². The van der Waals surface area contributed by atoms with Crippen LogP contribution in [-0.4, -0.2) is 16.4 Å². The number of aliphatic hydroxyl groups excluding tert-OH is 2. The first-order chi connectivity index (χ1) is 6.15. The fraction of sp³-hybridized carbons (Fsp3) is 0.111. The highest BCUT2D eigenvalue weighted by Gasteiger charge is 2.07. The Morgan fingerprint density at radius 1 is 1.38 bits per heavy atom. The molecule has 0 amide bonds. The van der Waals surface area contributed by atoms with E-state index >= 15 is 0 Å². The molecule has 4 N–H and O–H groups in total. The molecule has 0 aliphatic rings. The van der Waals surface area contributed by atoms with E-state index in [0.717, 1.165) is 10.7 Å². The number of nitrogens with two attached hydrogens (primary N) is 1. The van der Waals surface area contributed by atoms with Gasteiger partial charge in [0.1, 0.15) is 6.23 Å². The lowest BCUT2D eigenvalue weighted by Crippen LogP contribution is -2.20. The molecule has 0 unspecified atom stereocenters. The Morgan fingerprint density at radius 3 is 2.31 bits per heavy atom. The summed E-state index contributed by atoms with van der Waals surface area (Å²) in [7, 11) is 0. The summed E-state index contributed by atoms with van der Waals surface area (Å²) >= 11 is 3.28. The van der Waals surface area contributed by atoms with E-state index in [2.05, 4.69) is 15.9 Å². The third-order valence-electron chi connectivity index (χ3n) is 1.64. The number of hydrogen-bond acceptors (Lipinski definition) is 3. The van der Waals surface area contributed by atoms with Crippen LogP contribution in [0.25, 0.3) is 5.57 Å². The fourth-order valence-corrected chi connectivity index (χ4v) is 1.23. The predicted octanol–water partition coefficient (Wildman–Crippen LogP) is 1.63. The Morgan fingerprint density at radius 2 is 1.92 bits per heavy atom. The second-order valence-electron chi connectivity index (χ2n) is 2.54. The number of aliphatic hydroxyl groups is 2. The second-order valence-corrected chi connectivity index (χ2v) is 3.45. The highest BCUT2D eigenvalue weighted by Crippen LogP contribution is 2.18. The number of rotatable bonds is 2. The van der Waals surface area contributed by atoms with Crippen LogP contribution in [0.3, 0.4) is 0 Å². The summed E-state index contributed by atoms with van der Waals surface area (Å²) in [5.41, 5.74) is 6.23. The molecular weight excluding hydrogens is 234 g/mol. The maximum atomic E-state index is 9.07. The van der Waals surface area contributed by atoms with Crippen LogP contribution in [0.5, 0.6) is 0 Å². The summed E-state index contributed by atoms with van der Waals surface area (Å²) in [6.07, 6.45) is -0.348. The van der Waals surface area contributed by atoms with Gasteiger partial charge in [-0.1, -0.05) is 28.1 Å². The van der Waals surface area contributed by atoms with Crippen LogP contribution in [0.2, 0.25) is 0 Å². The summed E-state index contributed by atoms with van der Waals surface area (Å²) < 4.78 is 0.931. The minimum absolute atomic E-state index is 0.299. The Balaban J connectivity index is 3.00. The zero-order valence-electron chi connectivity index (χ0n) is 6.81. The summed E-state index contributed by atoms with van der Waals surface area (Å²) in [6, 6.07) is 7.12. The summed E-state index contributed by atoms with van der Waals surface area (Å²) in [5.74, 6) is 0. The topological polar surface area (TPSA) is 66.5 Å². The number of benzene rings is 1. The molecule has 0 aliphatic carbocycles. The molecular formula is C9H10BrNO2. The zero-order chi connectivity index (χ0) is 9.84. The molecule has 13 heavy (non-hydrogen) atoms. The van der Waals surface area contributed by atoms with E-state index in [9.17, 15) is 0 Å². The molecule has 4 heteroatoms. The molecule has 1 aromatic rings. The van der Waals surface area contributed by atoms with E-state index in [1.165, 1.54) is 0 Å². The molecule has 0 aromatic heterocycles. The van der Waals surface area contributed by atoms with Crippen LogP contribution in [0.1, 0.15) is 5.56 Å². The van der Waals surface area contributed by atoms with Crippen LogP contribution in [0.4, 0.5) is 0 Å². The van der Waals surface area contributed by atoms with Gasteiger partial charge >= 0.3 is 0 Å². The van der Waals surface area contributed by atoms with Crippen LogP contribution < -0.4 is 5.73 Å². The van der Waals surface area contributed by atoms with E-state index in [0.29, 0.717) is 11.1 Å². The lowest BCUT2D eigenvalue weighted by molar-refractivity contribution is 0.238. The smallest absolute Gasteiger partial charge is 0.132 e. The van der Waals surface area contributed by atoms with Crippen LogP contribution in [0, 0.1) is 0 Å². The highest BCUT2D eigenvalue weighted by atomic mass is 79.9. The van der Waals surface area contributed by atoms with E-state index in [4.69, 9.17) is 15.9 Å². The molecule has 1 aromatic carbocycles. The molecule has 1 atom stereocenters. The molecule has 0 spiro atoms. The average Bonchev–Trinajstić information content (AvgIpc) is 2.09. The van der Waals surface area contributed by atoms with E-state index < -0.39 is 6.23 Å². The van der Waals surface area contributed by atoms with Crippen LogP contribution in [-0.2, 0) is 0 Å². The number of halogens is 1. The number of hydrogen-bond donors (Lipinski definition) is 3. The molecule has 0 fully saturated rings. The van der Waals surface area contributed by atoms with Gasteiger partial charge in [-0.05, 0) is 17.7 Å². The van der Waals surface area contributed by atoms with Crippen molar-refractivity contribution in [3.8, 4) is 0 Å². The normalized spacial score (nSPS) is 14.2. The monoisotopic (exact) mass is 243 g/mol. The molecule has 0 aliphatic heterocycles. The van der Waals surface area contributed by atoms with Crippen molar-refractivity contribution in [1.29, 1.82) is 0 Å². The summed E-state index contributed by atoms with van der Waals surface area (Å²) in [5, 5.41) is 17.9. The van der Waals surface area contributed by atoms with Crippen molar-refractivity contribution in [3.63, 3.8) is 0 Å². The SMILES string of the molecule is N[C@H](O)/C(=C\O)c1ccc(Br)cc1. The second kappa shape index (κ2) is 4.41. The van der Waals surface area contributed by atoms with Crippen molar-refractivity contribution >= 4 is 21.5 Å². The highest BCUT2D eigenvalue weighted by molar-refractivity contribution is 9.10. The quantitative estimate of drug-likeness (QED) is 0.547. The fourth-order valence-electron chi connectivity index (χ4n) is 0.964. The predicted molar refractivity (Wildman–Crippen MR) is 54.9 cm³/mol. The van der Waals surface area contributed by atoms with Gasteiger partial charge in [-0.25, -0.2) is 0 Å². The minimum Gasteiger partial charge on any atom is -0.515 e. The van der Waals surface area contributed by atoms with Gasteiger partial charge in [0.15, 0.2) is 0 Å². The Bertz CT molecular complexity index is 306. The van der Waals surface area contributed by atoms with Gasteiger partial charge in [0.25, 0.3) is 0 Å². The maximum absolute atomic E-state index is 9.07. The van der Waals surface area contributed by atoms with Gasteiger partial charge < -0.3 is 15.9 Å². The van der Waals surface area contributed by atoms with E-state index in [1.807, 2.05) is 0 Å². The summed E-state index contributed by atoms with van der Waals surface area (Å²) in [6.45, 7) is 0. The largest absolute Gasteiger partial charge is 0.515 e. The Kier molecular flexibility index (Phi) is 3.48. The van der Waals surface area contributed by atoms with Crippen molar-refractivity contribution < 1.29 is 10.2 Å². The minimum atomic E-state index is -1.16. The van der Waals surface area contributed by atoms with Crippen molar-refractivity contribution in [1.82, 2.24) is 0 Å². The standard InChI is InChI=1S/C9H10BrNO2/c10-7-3-1-6(2-4-7)8(5-12)9(11)13/h1-5,9,12-13H,11H2/b8-5-/t9-/m1/s1. The van der Waals surface area contributed by atoms with Crippen molar-refractivity contribution in [2.45, 2.75) is 6.23 Å². The van der Waals surface area contributed by atoms with Crippen molar-refractivity contribution in [2.24, 2.45) is 5.73 Å². The van der Waals surface area contributed by atoms with Gasteiger partial charge in [0.05, 0.1) is 6.26 Å². The molecule has 3 nitrogen and oxygen atoms in total. The van der Waals surface area contributed by atoms with E-state index in [1.54, 1.807) is 24.3 Å². The summed E-state index contributed by atoms with van der Waals surface area (Å²) in [4.78, 5) is 0. The Hall–Kier alpha value is -0.840. The first-order valence-corrected chi connectivity index (χ1v) is 4.48. The van der Waals surface area contributed by atoms with Crippen molar-refractivity contribution in [3.05, 3.63) is 40.6 Å². The lowest BCUT2D eigenvalue weighted by Gasteiger charge is -2.08. The van der Waals surface area contributed by atoms with Crippen LogP contribution >= 0.6 is 15.9 Å². The molecule has 0 radical (unpaired) electrons. The Labute approximate surface area is 84.6 Å².